The van der Waals surface area contributed by atoms with Crippen molar-refractivity contribution in [1.29, 1.82) is 0 Å². The van der Waals surface area contributed by atoms with Crippen LogP contribution in [0.1, 0.15) is 44.4 Å². The van der Waals surface area contributed by atoms with Crippen LogP contribution in [0.3, 0.4) is 0 Å². The molecule has 0 bridgehead atoms. The monoisotopic (exact) mass is 529 g/mol. The molecule has 1 saturated heterocycles. The summed E-state index contributed by atoms with van der Waals surface area (Å²) < 4.78 is 43.1. The van der Waals surface area contributed by atoms with E-state index in [0.717, 1.165) is 22.3 Å². The summed E-state index contributed by atoms with van der Waals surface area (Å²) in [5, 5.41) is -0.756. The van der Waals surface area contributed by atoms with Gasteiger partial charge >= 0.3 is 7.12 Å². The Balaban J connectivity index is 1.67. The summed E-state index contributed by atoms with van der Waals surface area (Å²) in [5.41, 5.74) is 2.94. The quantitative estimate of drug-likeness (QED) is 0.359. The number of hydrogen-bond donors (Lipinski definition) is 0. The van der Waals surface area contributed by atoms with E-state index in [0.29, 0.717) is 11.3 Å². The lowest BCUT2D eigenvalue weighted by Gasteiger charge is -2.42. The highest BCUT2D eigenvalue weighted by Crippen LogP contribution is 2.51. The molecule has 0 radical (unpaired) electrons. The van der Waals surface area contributed by atoms with E-state index in [1.807, 2.05) is 95.3 Å². The first kappa shape index (κ1) is 26.9. The molecule has 0 spiro atoms. The first-order valence-corrected chi connectivity index (χ1v) is 14.6. The van der Waals surface area contributed by atoms with Gasteiger partial charge in [0, 0.05) is 18.4 Å². The zero-order chi connectivity index (χ0) is 27.2. The normalized spacial score (nSPS) is 23.3. The van der Waals surface area contributed by atoms with Crippen molar-refractivity contribution in [1.82, 2.24) is 4.31 Å². The second kappa shape index (κ2) is 9.80. The topological polar surface area (TPSA) is 55.8 Å². The Morgan fingerprint density at radius 2 is 1.37 bits per heavy atom. The molecule has 1 unspecified atom stereocenters. The number of rotatable bonds is 6. The summed E-state index contributed by atoms with van der Waals surface area (Å²) in [6.45, 7) is 10.6. The fraction of sp³-hybridized carbons (Fsp3) is 0.355. The van der Waals surface area contributed by atoms with Gasteiger partial charge in [0.05, 0.1) is 16.1 Å². The van der Waals surface area contributed by atoms with Crippen LogP contribution in [0.4, 0.5) is 0 Å². The van der Waals surface area contributed by atoms with Crippen LogP contribution in [0.25, 0.3) is 5.57 Å². The van der Waals surface area contributed by atoms with Gasteiger partial charge in [-0.25, -0.2) is 8.42 Å². The molecule has 3 aromatic carbocycles. The summed E-state index contributed by atoms with van der Waals surface area (Å²) in [5.74, 6) is 0. The summed E-state index contributed by atoms with van der Waals surface area (Å²) in [6.07, 6.45) is 2.79. The smallest absolute Gasteiger partial charge is 0.403 e. The molecule has 0 amide bonds. The Kier molecular flexibility index (Phi) is 6.93. The van der Waals surface area contributed by atoms with Gasteiger partial charge in [-0.2, -0.15) is 4.31 Å². The fourth-order valence-corrected chi connectivity index (χ4v) is 6.75. The molecule has 0 N–H and O–H groups in total. The van der Waals surface area contributed by atoms with Gasteiger partial charge in [0.15, 0.2) is 0 Å². The fourth-order valence-electron chi connectivity index (χ4n) is 5.26. The predicted molar refractivity (Wildman–Crippen MR) is 153 cm³/mol. The van der Waals surface area contributed by atoms with Crippen LogP contribution in [0.2, 0.25) is 5.31 Å². The van der Waals surface area contributed by atoms with Gasteiger partial charge < -0.3 is 9.31 Å². The zero-order valence-electron chi connectivity index (χ0n) is 22.8. The third kappa shape index (κ3) is 5.01. The van der Waals surface area contributed by atoms with Crippen molar-refractivity contribution in [2.45, 2.75) is 62.5 Å². The van der Waals surface area contributed by atoms with E-state index in [9.17, 15) is 8.42 Å². The molecule has 1 atom stereocenters. The number of benzene rings is 3. The molecular weight excluding hydrogens is 493 g/mol. The molecule has 0 aromatic heterocycles. The third-order valence-electron chi connectivity index (χ3n) is 8.18. The van der Waals surface area contributed by atoms with Gasteiger partial charge in [-0.05, 0) is 69.9 Å². The highest BCUT2D eigenvalue weighted by molar-refractivity contribution is 7.89. The molecule has 0 aliphatic carbocycles. The SMILES string of the molecule is Cc1ccc(S(=O)(=O)N2CC(c3ccccc3)=CC(Cc3ccccc3)(B3OC(C)(C)C(C)(C)O3)C2)cc1. The van der Waals surface area contributed by atoms with Crippen molar-refractivity contribution in [3.05, 3.63) is 108 Å². The average molecular weight is 530 g/mol. The maximum atomic E-state index is 14.1. The molecule has 5 rings (SSSR count). The minimum Gasteiger partial charge on any atom is -0.403 e. The Morgan fingerprint density at radius 3 is 1.95 bits per heavy atom. The zero-order valence-corrected chi connectivity index (χ0v) is 23.7. The van der Waals surface area contributed by atoms with Crippen molar-refractivity contribution >= 4 is 22.7 Å². The second-order valence-electron chi connectivity index (χ2n) is 11.6. The minimum absolute atomic E-state index is 0.241. The van der Waals surface area contributed by atoms with E-state index < -0.39 is 33.7 Å². The minimum atomic E-state index is -3.79. The van der Waals surface area contributed by atoms with Crippen LogP contribution in [0.15, 0.2) is 95.9 Å². The molecule has 5 nitrogen and oxygen atoms in total. The van der Waals surface area contributed by atoms with Crippen molar-refractivity contribution in [3.8, 4) is 0 Å². The molecule has 3 aromatic rings. The predicted octanol–water partition coefficient (Wildman–Crippen LogP) is 6.16. The summed E-state index contributed by atoms with van der Waals surface area (Å²) in [6, 6.07) is 27.3. The van der Waals surface area contributed by atoms with E-state index >= 15 is 0 Å². The molecule has 1 fully saturated rings. The molecule has 38 heavy (non-hydrogen) atoms. The lowest BCUT2D eigenvalue weighted by molar-refractivity contribution is 0.00578. The Labute approximate surface area is 227 Å². The number of aryl methyl sites for hydroxylation is 1. The number of nitrogens with zero attached hydrogens (tertiary/aromatic N) is 1. The molecule has 2 aliphatic heterocycles. The van der Waals surface area contributed by atoms with Crippen molar-refractivity contribution < 1.29 is 17.7 Å². The second-order valence-corrected chi connectivity index (χ2v) is 13.5. The van der Waals surface area contributed by atoms with Gasteiger partial charge in [0.2, 0.25) is 10.0 Å². The molecule has 2 aliphatic rings. The van der Waals surface area contributed by atoms with Gasteiger partial charge in [-0.3, -0.25) is 0 Å². The Morgan fingerprint density at radius 1 is 0.816 bits per heavy atom. The maximum Gasteiger partial charge on any atom is 0.470 e. The standard InChI is InChI=1S/C31H36BNO4S/c1-24-16-18-28(19-17-24)38(34,35)33-22-27(26-14-10-7-11-15-26)21-31(23-33,20-25-12-8-6-9-13-25)32-36-29(2,3)30(4,5)37-32/h6-19,21H,20,22-23H2,1-5H3. The molecule has 2 heterocycles. The molecule has 0 saturated carbocycles. The molecule has 7 heteroatoms. The number of hydrogen-bond acceptors (Lipinski definition) is 4. The Hall–Kier alpha value is -2.71. The summed E-state index contributed by atoms with van der Waals surface area (Å²) >= 11 is 0. The molecular formula is C31H36BNO4S. The van der Waals surface area contributed by atoms with Crippen molar-refractivity contribution in [2.75, 3.05) is 13.1 Å². The van der Waals surface area contributed by atoms with Gasteiger partial charge in [-0.1, -0.05) is 84.4 Å². The van der Waals surface area contributed by atoms with E-state index in [1.54, 1.807) is 16.4 Å². The van der Waals surface area contributed by atoms with E-state index in [4.69, 9.17) is 9.31 Å². The van der Waals surface area contributed by atoms with E-state index in [-0.39, 0.29) is 13.1 Å². The lowest BCUT2D eigenvalue weighted by atomic mass is 9.53. The van der Waals surface area contributed by atoms with Crippen LogP contribution >= 0.6 is 0 Å². The first-order valence-electron chi connectivity index (χ1n) is 13.2. The van der Waals surface area contributed by atoms with Crippen LogP contribution < -0.4 is 0 Å². The number of sulfonamides is 1. The lowest BCUT2D eigenvalue weighted by Crippen LogP contribution is -2.50. The van der Waals surface area contributed by atoms with Crippen LogP contribution in [-0.2, 0) is 25.8 Å². The van der Waals surface area contributed by atoms with Gasteiger partial charge in [0.1, 0.15) is 0 Å². The van der Waals surface area contributed by atoms with Gasteiger partial charge in [-0.15, -0.1) is 0 Å². The Bertz CT molecular complexity index is 1400. The maximum absolute atomic E-state index is 14.1. The highest BCUT2D eigenvalue weighted by atomic mass is 32.2. The first-order chi connectivity index (χ1) is 17.9. The summed E-state index contributed by atoms with van der Waals surface area (Å²) in [4.78, 5) is 0.292. The van der Waals surface area contributed by atoms with Crippen LogP contribution in [-0.4, -0.2) is 44.1 Å². The highest BCUT2D eigenvalue weighted by Gasteiger charge is 2.60. The van der Waals surface area contributed by atoms with Crippen molar-refractivity contribution in [2.24, 2.45) is 0 Å². The van der Waals surface area contributed by atoms with Crippen LogP contribution in [0.5, 0.6) is 0 Å². The third-order valence-corrected chi connectivity index (χ3v) is 9.99. The molecule has 198 valence electrons. The summed E-state index contributed by atoms with van der Waals surface area (Å²) in [7, 11) is -4.43. The van der Waals surface area contributed by atoms with Crippen LogP contribution in [0, 0.1) is 6.92 Å². The average Bonchev–Trinajstić information content (AvgIpc) is 3.12. The largest absolute Gasteiger partial charge is 0.470 e. The van der Waals surface area contributed by atoms with Gasteiger partial charge in [0.25, 0.3) is 0 Å². The van der Waals surface area contributed by atoms with E-state index in [2.05, 4.69) is 18.2 Å². The van der Waals surface area contributed by atoms with Crippen molar-refractivity contribution in [3.63, 3.8) is 0 Å². The van der Waals surface area contributed by atoms with E-state index in [1.165, 1.54) is 0 Å².